The summed E-state index contributed by atoms with van der Waals surface area (Å²) in [7, 11) is 1.76. The molecule has 0 spiro atoms. The maximum Gasteiger partial charge on any atom is 0.177 e. The van der Waals surface area contributed by atoms with Crippen LogP contribution in [-0.2, 0) is 0 Å². The van der Waals surface area contributed by atoms with Gasteiger partial charge in [-0.25, -0.2) is 9.37 Å². The highest BCUT2D eigenvalue weighted by Crippen LogP contribution is 2.26. The Labute approximate surface area is 115 Å². The number of hydrogen-bond donors (Lipinski definition) is 1. The smallest absolute Gasteiger partial charge is 0.177 e. The van der Waals surface area contributed by atoms with Crippen molar-refractivity contribution in [2.24, 2.45) is 0 Å². The molecule has 1 N–H and O–H groups in total. The SMILES string of the molecule is CNC(C)c1cccc(F)c1-n1cnc(C#N)c1C#N. The Morgan fingerprint density at radius 1 is 1.35 bits per heavy atom. The molecular formula is C14H12FN5. The van der Waals surface area contributed by atoms with Gasteiger partial charge in [-0.2, -0.15) is 10.5 Å². The fourth-order valence-electron chi connectivity index (χ4n) is 2.00. The standard InChI is InChI=1S/C14H12FN5/c1-9(18-2)10-4-3-5-11(15)14(10)20-8-19-12(6-16)13(20)7-17/h3-5,8-9,18H,1-2H3. The Hall–Kier alpha value is -2.70. The number of aromatic nitrogens is 2. The Bertz CT molecular complexity index is 720. The molecule has 2 rings (SSSR count). The first-order valence-electron chi connectivity index (χ1n) is 5.97. The molecule has 0 saturated carbocycles. The van der Waals surface area contributed by atoms with Crippen LogP contribution in [0.5, 0.6) is 0 Å². The number of rotatable bonds is 3. The van der Waals surface area contributed by atoms with Crippen molar-refractivity contribution in [1.82, 2.24) is 14.9 Å². The molecule has 0 saturated heterocycles. The molecule has 0 aliphatic heterocycles. The second kappa shape index (κ2) is 5.52. The summed E-state index contributed by atoms with van der Waals surface area (Å²) in [4.78, 5) is 3.84. The van der Waals surface area contributed by atoms with E-state index in [2.05, 4.69) is 10.3 Å². The van der Waals surface area contributed by atoms with Crippen molar-refractivity contribution in [2.75, 3.05) is 7.05 Å². The highest BCUT2D eigenvalue weighted by molar-refractivity contribution is 5.50. The first kappa shape index (κ1) is 13.7. The lowest BCUT2D eigenvalue weighted by Crippen LogP contribution is -2.16. The fraction of sp³-hybridized carbons (Fsp3) is 0.214. The number of para-hydroxylation sites is 1. The van der Waals surface area contributed by atoms with E-state index in [-0.39, 0.29) is 23.1 Å². The molecule has 6 heteroatoms. The molecule has 0 fully saturated rings. The molecule has 100 valence electrons. The molecule has 5 nitrogen and oxygen atoms in total. The van der Waals surface area contributed by atoms with E-state index in [4.69, 9.17) is 10.5 Å². The molecule has 1 unspecified atom stereocenters. The molecule has 1 aromatic carbocycles. The van der Waals surface area contributed by atoms with Crippen LogP contribution in [0.1, 0.15) is 29.9 Å². The third-order valence-corrected chi connectivity index (χ3v) is 3.14. The summed E-state index contributed by atoms with van der Waals surface area (Å²) >= 11 is 0. The van der Waals surface area contributed by atoms with Crippen molar-refractivity contribution in [3.63, 3.8) is 0 Å². The summed E-state index contributed by atoms with van der Waals surface area (Å²) < 4.78 is 15.5. The summed E-state index contributed by atoms with van der Waals surface area (Å²) in [5.41, 5.74) is 0.937. The van der Waals surface area contributed by atoms with Crippen LogP contribution < -0.4 is 5.32 Å². The average Bonchev–Trinajstić information content (AvgIpc) is 2.88. The number of nitriles is 2. The number of nitrogens with one attached hydrogen (secondary N) is 1. The van der Waals surface area contributed by atoms with Gasteiger partial charge in [0.2, 0.25) is 0 Å². The van der Waals surface area contributed by atoms with Gasteiger partial charge < -0.3 is 5.32 Å². The Morgan fingerprint density at radius 2 is 2.10 bits per heavy atom. The third-order valence-electron chi connectivity index (χ3n) is 3.14. The minimum atomic E-state index is -0.469. The van der Waals surface area contributed by atoms with Gasteiger partial charge in [-0.3, -0.25) is 4.57 Å². The van der Waals surface area contributed by atoms with E-state index in [1.165, 1.54) is 17.0 Å². The van der Waals surface area contributed by atoms with E-state index < -0.39 is 5.82 Å². The summed E-state index contributed by atoms with van der Waals surface area (Å²) in [6, 6.07) is 8.30. The highest BCUT2D eigenvalue weighted by Gasteiger charge is 2.19. The van der Waals surface area contributed by atoms with Gasteiger partial charge in [0, 0.05) is 6.04 Å². The Balaban J connectivity index is 2.74. The first-order chi connectivity index (χ1) is 9.63. The van der Waals surface area contributed by atoms with Crippen LogP contribution in [0.3, 0.4) is 0 Å². The largest absolute Gasteiger partial charge is 0.313 e. The summed E-state index contributed by atoms with van der Waals surface area (Å²) in [5.74, 6) is -0.469. The molecule has 2 aromatic rings. The van der Waals surface area contributed by atoms with Crippen molar-refractivity contribution in [3.05, 3.63) is 47.3 Å². The molecule has 20 heavy (non-hydrogen) atoms. The normalized spacial score (nSPS) is 11.7. The van der Waals surface area contributed by atoms with Crippen LogP contribution in [0.2, 0.25) is 0 Å². The predicted octanol–water partition coefficient (Wildman–Crippen LogP) is 2.04. The van der Waals surface area contributed by atoms with E-state index in [0.717, 1.165) is 0 Å². The van der Waals surface area contributed by atoms with E-state index >= 15 is 0 Å². The zero-order valence-electron chi connectivity index (χ0n) is 11.1. The van der Waals surface area contributed by atoms with E-state index in [9.17, 15) is 4.39 Å². The minimum Gasteiger partial charge on any atom is -0.313 e. The molecule has 0 bridgehead atoms. The van der Waals surface area contributed by atoms with Gasteiger partial charge in [0.05, 0.1) is 5.69 Å². The van der Waals surface area contributed by atoms with Gasteiger partial charge in [0.1, 0.15) is 24.3 Å². The second-order valence-corrected chi connectivity index (χ2v) is 4.22. The fourth-order valence-corrected chi connectivity index (χ4v) is 2.00. The molecule has 0 amide bonds. The van der Waals surface area contributed by atoms with Crippen molar-refractivity contribution >= 4 is 0 Å². The van der Waals surface area contributed by atoms with Crippen LogP contribution in [0.25, 0.3) is 5.69 Å². The van der Waals surface area contributed by atoms with Crippen LogP contribution >= 0.6 is 0 Å². The van der Waals surface area contributed by atoms with Crippen molar-refractivity contribution in [1.29, 1.82) is 10.5 Å². The van der Waals surface area contributed by atoms with Gasteiger partial charge in [-0.15, -0.1) is 0 Å². The number of halogens is 1. The summed E-state index contributed by atoms with van der Waals surface area (Å²) in [6.45, 7) is 1.88. The molecular weight excluding hydrogens is 257 g/mol. The van der Waals surface area contributed by atoms with Crippen LogP contribution in [-0.4, -0.2) is 16.6 Å². The van der Waals surface area contributed by atoms with E-state index in [1.54, 1.807) is 19.2 Å². The topological polar surface area (TPSA) is 77.4 Å². The number of nitrogens with zero attached hydrogens (tertiary/aromatic N) is 4. The van der Waals surface area contributed by atoms with Gasteiger partial charge in [-0.1, -0.05) is 12.1 Å². The second-order valence-electron chi connectivity index (χ2n) is 4.22. The molecule has 0 aliphatic rings. The van der Waals surface area contributed by atoms with Crippen LogP contribution in [0, 0.1) is 28.5 Å². The molecule has 1 aromatic heterocycles. The minimum absolute atomic E-state index is 0.0150. The zero-order chi connectivity index (χ0) is 14.7. The van der Waals surface area contributed by atoms with Gasteiger partial charge in [-0.05, 0) is 25.6 Å². The predicted molar refractivity (Wildman–Crippen MR) is 70.4 cm³/mol. The van der Waals surface area contributed by atoms with Gasteiger partial charge in [0.15, 0.2) is 11.4 Å². The van der Waals surface area contributed by atoms with E-state index in [1.807, 2.05) is 19.1 Å². The number of imidazole rings is 1. The molecule has 1 heterocycles. The Kier molecular flexibility index (Phi) is 3.79. The highest BCUT2D eigenvalue weighted by atomic mass is 19.1. The maximum absolute atomic E-state index is 14.2. The summed E-state index contributed by atoms with van der Waals surface area (Å²) in [6.07, 6.45) is 1.29. The lowest BCUT2D eigenvalue weighted by Gasteiger charge is -2.17. The van der Waals surface area contributed by atoms with Crippen molar-refractivity contribution in [3.8, 4) is 17.8 Å². The summed E-state index contributed by atoms with van der Waals surface area (Å²) in [5, 5.41) is 21.1. The van der Waals surface area contributed by atoms with Crippen LogP contribution in [0.15, 0.2) is 24.5 Å². The maximum atomic E-state index is 14.2. The lowest BCUT2D eigenvalue weighted by atomic mass is 10.1. The monoisotopic (exact) mass is 269 g/mol. The van der Waals surface area contributed by atoms with Crippen molar-refractivity contribution < 1.29 is 4.39 Å². The van der Waals surface area contributed by atoms with Crippen LogP contribution in [0.4, 0.5) is 4.39 Å². The van der Waals surface area contributed by atoms with Gasteiger partial charge >= 0.3 is 0 Å². The molecule has 0 radical (unpaired) electrons. The number of benzene rings is 1. The Morgan fingerprint density at radius 3 is 2.70 bits per heavy atom. The lowest BCUT2D eigenvalue weighted by molar-refractivity contribution is 0.596. The molecule has 1 atom stereocenters. The first-order valence-corrected chi connectivity index (χ1v) is 5.97. The van der Waals surface area contributed by atoms with Crippen molar-refractivity contribution in [2.45, 2.75) is 13.0 Å². The zero-order valence-corrected chi connectivity index (χ0v) is 11.1. The van der Waals surface area contributed by atoms with Gasteiger partial charge in [0.25, 0.3) is 0 Å². The number of hydrogen-bond acceptors (Lipinski definition) is 4. The molecule has 0 aliphatic carbocycles. The quantitative estimate of drug-likeness (QED) is 0.924. The average molecular weight is 269 g/mol. The third kappa shape index (κ3) is 2.13. The van der Waals surface area contributed by atoms with E-state index in [0.29, 0.717) is 5.56 Å².